The Labute approximate surface area is 176 Å². The molecule has 0 amide bonds. The zero-order chi connectivity index (χ0) is 21.1. The maximum atomic E-state index is 12.6. The molecule has 2 aromatic carbocycles. The van der Waals surface area contributed by atoms with E-state index >= 15 is 0 Å². The van der Waals surface area contributed by atoms with Gasteiger partial charge in [0, 0.05) is 16.8 Å². The highest BCUT2D eigenvalue weighted by molar-refractivity contribution is 6.31. The number of carbonyl (C=O) groups is 1. The number of hydrogen-bond acceptors (Lipinski definition) is 5. The summed E-state index contributed by atoms with van der Waals surface area (Å²) in [5.41, 5.74) is 1.89. The van der Waals surface area contributed by atoms with Gasteiger partial charge in [-0.15, -0.1) is 0 Å². The fraction of sp³-hybridized carbons (Fsp3) is 0.0909. The summed E-state index contributed by atoms with van der Waals surface area (Å²) in [6, 6.07) is 15.1. The van der Waals surface area contributed by atoms with Crippen molar-refractivity contribution in [2.24, 2.45) is 0 Å². The summed E-state index contributed by atoms with van der Waals surface area (Å²) < 4.78 is 7.47. The first-order valence-corrected chi connectivity index (χ1v) is 9.47. The van der Waals surface area contributed by atoms with E-state index in [1.165, 1.54) is 12.3 Å². The van der Waals surface area contributed by atoms with E-state index in [1.807, 2.05) is 0 Å². The largest absolute Gasteiger partial charge is 0.491 e. The second-order valence-electron chi connectivity index (χ2n) is 6.52. The number of aromatic nitrogens is 3. The van der Waals surface area contributed by atoms with Crippen molar-refractivity contribution in [3.05, 3.63) is 87.9 Å². The summed E-state index contributed by atoms with van der Waals surface area (Å²) >= 11 is 6.15. The molecule has 0 saturated heterocycles. The number of rotatable bonds is 6. The van der Waals surface area contributed by atoms with Gasteiger partial charge in [0.2, 0.25) is 0 Å². The Morgan fingerprint density at radius 2 is 2.00 bits per heavy atom. The molecule has 2 aromatic heterocycles. The van der Waals surface area contributed by atoms with Gasteiger partial charge in [0.15, 0.2) is 0 Å². The minimum atomic E-state index is -1.01. The van der Waals surface area contributed by atoms with Gasteiger partial charge in [-0.05, 0) is 48.0 Å². The predicted octanol–water partition coefficient (Wildman–Crippen LogP) is 3.89. The summed E-state index contributed by atoms with van der Waals surface area (Å²) in [6.07, 6.45) is 3.14. The van der Waals surface area contributed by atoms with Gasteiger partial charge in [0.25, 0.3) is 5.56 Å². The average Bonchev–Trinajstić information content (AvgIpc) is 2.76. The van der Waals surface area contributed by atoms with Crippen LogP contribution in [0.2, 0.25) is 5.02 Å². The fourth-order valence-electron chi connectivity index (χ4n) is 3.13. The maximum absolute atomic E-state index is 12.6. The van der Waals surface area contributed by atoms with Crippen LogP contribution in [0.25, 0.3) is 22.0 Å². The minimum absolute atomic E-state index is 0.170. The number of hydrogen-bond donors (Lipinski definition) is 1. The van der Waals surface area contributed by atoms with Crippen LogP contribution in [0, 0.1) is 0 Å². The number of pyridine rings is 1. The molecule has 0 radical (unpaired) electrons. The quantitative estimate of drug-likeness (QED) is 0.507. The lowest BCUT2D eigenvalue weighted by Gasteiger charge is -2.14. The molecule has 7 nitrogen and oxygen atoms in total. The molecule has 150 valence electrons. The topological polar surface area (TPSA) is 94.3 Å². The molecule has 0 unspecified atom stereocenters. The molecule has 0 atom stereocenters. The number of benzene rings is 2. The summed E-state index contributed by atoms with van der Waals surface area (Å²) in [4.78, 5) is 23.9. The van der Waals surface area contributed by atoms with Gasteiger partial charge in [-0.2, -0.15) is 10.2 Å². The number of fused-ring (bicyclic) bond motifs is 1. The molecule has 0 aliphatic rings. The first-order chi connectivity index (χ1) is 14.5. The van der Waals surface area contributed by atoms with E-state index in [1.54, 1.807) is 59.3 Å². The van der Waals surface area contributed by atoms with Crippen LogP contribution in [-0.2, 0) is 6.54 Å². The highest BCUT2D eigenvalue weighted by Crippen LogP contribution is 2.33. The third-order valence-electron chi connectivity index (χ3n) is 4.60. The van der Waals surface area contributed by atoms with Gasteiger partial charge in [-0.1, -0.05) is 23.7 Å². The lowest BCUT2D eigenvalue weighted by atomic mass is 10.0. The smallest absolute Gasteiger partial charge is 0.335 e. The first-order valence-electron chi connectivity index (χ1n) is 9.10. The summed E-state index contributed by atoms with van der Waals surface area (Å²) in [5, 5.41) is 18.0. The molecule has 4 rings (SSSR count). The van der Waals surface area contributed by atoms with Crippen LogP contribution < -0.4 is 10.3 Å². The van der Waals surface area contributed by atoms with Crippen LogP contribution in [0.15, 0.2) is 71.8 Å². The van der Waals surface area contributed by atoms with E-state index in [4.69, 9.17) is 16.3 Å². The lowest BCUT2D eigenvalue weighted by molar-refractivity contribution is 0.0697. The Morgan fingerprint density at radius 3 is 2.83 bits per heavy atom. The van der Waals surface area contributed by atoms with Crippen molar-refractivity contribution in [1.29, 1.82) is 0 Å². The van der Waals surface area contributed by atoms with E-state index in [2.05, 4.69) is 10.2 Å². The Hall–Kier alpha value is -3.71. The third-order valence-corrected chi connectivity index (χ3v) is 4.84. The second kappa shape index (κ2) is 8.34. The second-order valence-corrected chi connectivity index (χ2v) is 6.96. The van der Waals surface area contributed by atoms with Crippen molar-refractivity contribution >= 4 is 28.5 Å². The van der Waals surface area contributed by atoms with Crippen LogP contribution in [0.1, 0.15) is 10.4 Å². The van der Waals surface area contributed by atoms with Gasteiger partial charge in [0.05, 0.1) is 29.2 Å². The Kier molecular flexibility index (Phi) is 5.45. The molecule has 0 spiro atoms. The van der Waals surface area contributed by atoms with Crippen molar-refractivity contribution in [3.8, 4) is 16.9 Å². The van der Waals surface area contributed by atoms with Crippen molar-refractivity contribution in [3.63, 3.8) is 0 Å². The molecule has 4 aromatic rings. The van der Waals surface area contributed by atoms with E-state index in [-0.39, 0.29) is 17.7 Å². The molecular weight excluding hydrogens is 406 g/mol. The van der Waals surface area contributed by atoms with Crippen molar-refractivity contribution in [2.75, 3.05) is 6.61 Å². The van der Waals surface area contributed by atoms with Crippen molar-refractivity contribution in [1.82, 2.24) is 14.8 Å². The van der Waals surface area contributed by atoms with Crippen molar-refractivity contribution in [2.45, 2.75) is 6.54 Å². The predicted molar refractivity (Wildman–Crippen MR) is 113 cm³/mol. The van der Waals surface area contributed by atoms with E-state index in [9.17, 15) is 14.7 Å². The Bertz CT molecular complexity index is 1300. The summed E-state index contributed by atoms with van der Waals surface area (Å²) in [7, 11) is 0. The number of nitrogens with zero attached hydrogens (tertiary/aromatic N) is 3. The van der Waals surface area contributed by atoms with Gasteiger partial charge in [-0.25, -0.2) is 4.79 Å². The normalized spacial score (nSPS) is 10.8. The fourth-order valence-corrected chi connectivity index (χ4v) is 3.31. The Balaban J connectivity index is 1.58. The molecule has 8 heteroatoms. The summed E-state index contributed by atoms with van der Waals surface area (Å²) in [6.45, 7) is 0.561. The first kappa shape index (κ1) is 19.6. The lowest BCUT2D eigenvalue weighted by Crippen LogP contribution is -2.23. The van der Waals surface area contributed by atoms with Gasteiger partial charge >= 0.3 is 5.97 Å². The molecule has 0 aliphatic heterocycles. The zero-order valence-electron chi connectivity index (χ0n) is 15.7. The van der Waals surface area contributed by atoms with Gasteiger partial charge in [-0.3, -0.25) is 4.79 Å². The van der Waals surface area contributed by atoms with E-state index in [0.29, 0.717) is 39.3 Å². The van der Waals surface area contributed by atoms with Gasteiger partial charge in [0.1, 0.15) is 12.4 Å². The SMILES string of the molecule is O=C(O)c1cccc(-c2cc(Cl)ccc2OCCn2ccc3nnccc3c2=O)c1. The van der Waals surface area contributed by atoms with Crippen LogP contribution in [0.3, 0.4) is 0 Å². The van der Waals surface area contributed by atoms with E-state index in [0.717, 1.165) is 0 Å². The van der Waals surface area contributed by atoms with Gasteiger partial charge < -0.3 is 14.4 Å². The highest BCUT2D eigenvalue weighted by atomic mass is 35.5. The molecular formula is C22H16ClN3O4. The molecule has 0 saturated carbocycles. The molecule has 2 heterocycles. The number of halogens is 1. The molecule has 1 N–H and O–H groups in total. The molecule has 0 aliphatic carbocycles. The van der Waals surface area contributed by atoms with E-state index < -0.39 is 5.97 Å². The standard InChI is InChI=1S/C22H16ClN3O4/c23-16-4-5-20(18(13-16)14-2-1-3-15(12-14)22(28)29)30-11-10-26-9-7-19-17(21(26)27)6-8-24-25-19/h1-9,12-13H,10-11H2,(H,28,29). The van der Waals surface area contributed by atoms with Crippen LogP contribution >= 0.6 is 11.6 Å². The number of aromatic carboxylic acids is 1. The van der Waals surface area contributed by atoms with Crippen LogP contribution in [0.5, 0.6) is 5.75 Å². The number of carboxylic acid groups (broad SMARTS) is 1. The average molecular weight is 422 g/mol. The van der Waals surface area contributed by atoms with Crippen LogP contribution in [0.4, 0.5) is 0 Å². The molecule has 0 fully saturated rings. The number of carboxylic acids is 1. The maximum Gasteiger partial charge on any atom is 0.335 e. The zero-order valence-corrected chi connectivity index (χ0v) is 16.4. The summed E-state index contributed by atoms with van der Waals surface area (Å²) in [5.74, 6) is -0.469. The van der Waals surface area contributed by atoms with Crippen LogP contribution in [-0.4, -0.2) is 32.4 Å². The molecule has 30 heavy (non-hydrogen) atoms. The van der Waals surface area contributed by atoms with Crippen molar-refractivity contribution < 1.29 is 14.6 Å². The number of ether oxygens (including phenoxy) is 1. The third kappa shape index (κ3) is 4.01. The Morgan fingerprint density at radius 1 is 1.13 bits per heavy atom. The minimum Gasteiger partial charge on any atom is -0.491 e. The highest BCUT2D eigenvalue weighted by Gasteiger charge is 2.11. The monoisotopic (exact) mass is 421 g/mol. The molecule has 0 bridgehead atoms.